The summed E-state index contributed by atoms with van der Waals surface area (Å²) >= 11 is 6.79. The molecule has 0 saturated carbocycles. The highest BCUT2D eigenvalue weighted by atomic mass is 32.1. The van der Waals surface area contributed by atoms with Crippen LogP contribution in [-0.2, 0) is 4.74 Å². The Morgan fingerprint density at radius 1 is 1.19 bits per heavy atom. The molecule has 0 aliphatic carbocycles. The summed E-state index contributed by atoms with van der Waals surface area (Å²) in [6.45, 7) is 3.16. The Labute approximate surface area is 167 Å². The Balaban J connectivity index is 1.59. The van der Waals surface area contributed by atoms with Crippen LogP contribution in [0.2, 0.25) is 0 Å². The molecule has 2 aromatic carbocycles. The monoisotopic (exact) mass is 399 g/mol. The molecule has 0 fully saturated rings. The first-order valence-corrected chi connectivity index (χ1v) is 9.68. The maximum absolute atomic E-state index is 5.16. The topological polar surface area (TPSA) is 70.6 Å². The molecule has 0 amide bonds. The van der Waals surface area contributed by atoms with Gasteiger partial charge in [0.05, 0.1) is 22.5 Å². The summed E-state index contributed by atoms with van der Waals surface area (Å²) in [5.74, 6) is 0. The quantitative estimate of drug-likeness (QED) is 0.242. The Bertz CT molecular complexity index is 904. The standard InChI is InChI=1S/C19H21N5OS2/c1-13(23-24-18(26)20-11-12-25-2)14-7-9-15(10-8-14)21-19-22-16-5-3-4-6-17(16)27-19/h3-10H,11-12H2,1-2H3,(H,21,22)(H2,20,24,26)/b23-13-. The molecule has 27 heavy (non-hydrogen) atoms. The Hall–Kier alpha value is -2.55. The number of nitrogens with one attached hydrogen (secondary N) is 3. The molecular formula is C19H21N5OS2. The SMILES string of the molecule is COCCNC(=S)N/N=C(/C)c1ccc(Nc2nc3ccccc3s2)cc1. The minimum atomic E-state index is 0.473. The van der Waals surface area contributed by atoms with E-state index in [9.17, 15) is 0 Å². The van der Waals surface area contributed by atoms with Gasteiger partial charge in [0.2, 0.25) is 0 Å². The number of hydrogen-bond acceptors (Lipinski definition) is 6. The van der Waals surface area contributed by atoms with Crippen molar-refractivity contribution in [3.05, 3.63) is 54.1 Å². The van der Waals surface area contributed by atoms with Gasteiger partial charge >= 0.3 is 0 Å². The number of anilines is 2. The van der Waals surface area contributed by atoms with Crippen LogP contribution in [0.1, 0.15) is 12.5 Å². The second-order valence-electron chi connectivity index (χ2n) is 5.75. The average molecular weight is 400 g/mol. The molecule has 6 nitrogen and oxygen atoms in total. The Morgan fingerprint density at radius 3 is 2.70 bits per heavy atom. The second-order valence-corrected chi connectivity index (χ2v) is 7.19. The molecule has 0 atom stereocenters. The molecule has 0 radical (unpaired) electrons. The van der Waals surface area contributed by atoms with Crippen molar-refractivity contribution in [2.75, 3.05) is 25.6 Å². The molecular weight excluding hydrogens is 378 g/mol. The fourth-order valence-corrected chi connectivity index (χ4v) is 3.38. The van der Waals surface area contributed by atoms with E-state index < -0.39 is 0 Å². The van der Waals surface area contributed by atoms with E-state index in [2.05, 4.69) is 32.2 Å². The van der Waals surface area contributed by atoms with Gasteiger partial charge in [-0.15, -0.1) is 0 Å². The van der Waals surface area contributed by atoms with Crippen LogP contribution in [0.25, 0.3) is 10.2 Å². The number of fused-ring (bicyclic) bond motifs is 1. The largest absolute Gasteiger partial charge is 0.383 e. The first kappa shape index (κ1) is 19.2. The zero-order valence-electron chi connectivity index (χ0n) is 15.2. The minimum absolute atomic E-state index is 0.473. The summed E-state index contributed by atoms with van der Waals surface area (Å²) in [4.78, 5) is 4.59. The van der Waals surface area contributed by atoms with Crippen LogP contribution in [0.5, 0.6) is 0 Å². The molecule has 0 spiro atoms. The number of nitrogens with zero attached hydrogens (tertiary/aromatic N) is 2. The molecule has 0 bridgehead atoms. The van der Waals surface area contributed by atoms with E-state index in [0.717, 1.165) is 27.6 Å². The number of hydrazone groups is 1. The van der Waals surface area contributed by atoms with E-state index in [0.29, 0.717) is 18.3 Å². The lowest BCUT2D eigenvalue weighted by molar-refractivity contribution is 0.204. The molecule has 0 aliphatic rings. The van der Waals surface area contributed by atoms with Crippen LogP contribution in [0.4, 0.5) is 10.8 Å². The van der Waals surface area contributed by atoms with E-state index in [1.807, 2.05) is 49.4 Å². The van der Waals surface area contributed by atoms with Crippen molar-refractivity contribution in [2.45, 2.75) is 6.92 Å². The van der Waals surface area contributed by atoms with E-state index in [1.165, 1.54) is 4.70 Å². The second kappa shape index (κ2) is 9.40. The number of benzene rings is 2. The van der Waals surface area contributed by atoms with Crippen LogP contribution >= 0.6 is 23.6 Å². The van der Waals surface area contributed by atoms with Gasteiger partial charge in [-0.25, -0.2) is 4.98 Å². The van der Waals surface area contributed by atoms with Crippen molar-refractivity contribution in [1.82, 2.24) is 15.7 Å². The van der Waals surface area contributed by atoms with Crippen LogP contribution < -0.4 is 16.1 Å². The van der Waals surface area contributed by atoms with E-state index in [4.69, 9.17) is 17.0 Å². The number of thiocarbonyl (C=S) groups is 1. The maximum Gasteiger partial charge on any atom is 0.188 e. The zero-order chi connectivity index (χ0) is 19.1. The van der Waals surface area contributed by atoms with Gasteiger partial charge in [0.25, 0.3) is 0 Å². The molecule has 1 aromatic heterocycles. The molecule has 0 aliphatic heterocycles. The minimum Gasteiger partial charge on any atom is -0.383 e. The summed E-state index contributed by atoms with van der Waals surface area (Å²) in [5.41, 5.74) is 6.68. The number of aromatic nitrogens is 1. The first-order chi connectivity index (χ1) is 13.2. The summed E-state index contributed by atoms with van der Waals surface area (Å²) in [6, 6.07) is 16.1. The highest BCUT2D eigenvalue weighted by Gasteiger charge is 2.04. The summed E-state index contributed by atoms with van der Waals surface area (Å²) < 4.78 is 6.13. The predicted molar refractivity (Wildman–Crippen MR) is 117 cm³/mol. The number of thiazole rings is 1. The third-order valence-electron chi connectivity index (χ3n) is 3.76. The lowest BCUT2D eigenvalue weighted by Crippen LogP contribution is -2.34. The maximum atomic E-state index is 5.16. The molecule has 3 N–H and O–H groups in total. The van der Waals surface area contributed by atoms with Gasteiger partial charge in [0.15, 0.2) is 10.2 Å². The van der Waals surface area contributed by atoms with Crippen LogP contribution in [0.3, 0.4) is 0 Å². The third kappa shape index (κ3) is 5.46. The number of hydrogen-bond donors (Lipinski definition) is 3. The van der Waals surface area contributed by atoms with Gasteiger partial charge in [-0.2, -0.15) is 5.10 Å². The Kier molecular flexibility index (Phi) is 6.69. The van der Waals surface area contributed by atoms with Crippen molar-refractivity contribution in [3.63, 3.8) is 0 Å². The summed E-state index contributed by atoms with van der Waals surface area (Å²) in [5, 5.41) is 12.0. The van der Waals surface area contributed by atoms with E-state index in [-0.39, 0.29) is 0 Å². The lowest BCUT2D eigenvalue weighted by Gasteiger charge is -2.08. The van der Waals surface area contributed by atoms with Gasteiger partial charge in [0, 0.05) is 19.3 Å². The molecule has 1 heterocycles. The fraction of sp³-hybridized carbons (Fsp3) is 0.211. The number of methoxy groups -OCH3 is 1. The van der Waals surface area contributed by atoms with Crippen molar-refractivity contribution in [1.29, 1.82) is 0 Å². The number of ether oxygens (including phenoxy) is 1. The van der Waals surface area contributed by atoms with Crippen molar-refractivity contribution in [2.24, 2.45) is 5.10 Å². The highest BCUT2D eigenvalue weighted by molar-refractivity contribution is 7.80. The van der Waals surface area contributed by atoms with Gasteiger partial charge in [-0.05, 0) is 49.0 Å². The van der Waals surface area contributed by atoms with Crippen molar-refractivity contribution >= 4 is 55.4 Å². The van der Waals surface area contributed by atoms with Crippen molar-refractivity contribution < 1.29 is 4.74 Å². The normalized spacial score (nSPS) is 11.4. The molecule has 3 rings (SSSR count). The van der Waals surface area contributed by atoms with E-state index in [1.54, 1.807) is 18.4 Å². The predicted octanol–water partition coefficient (Wildman–Crippen LogP) is 3.87. The lowest BCUT2D eigenvalue weighted by atomic mass is 10.1. The number of para-hydroxylation sites is 1. The van der Waals surface area contributed by atoms with Gasteiger partial charge in [0.1, 0.15) is 0 Å². The molecule has 8 heteroatoms. The molecule has 140 valence electrons. The van der Waals surface area contributed by atoms with Crippen LogP contribution in [-0.4, -0.2) is 36.1 Å². The first-order valence-electron chi connectivity index (χ1n) is 8.46. The summed E-state index contributed by atoms with van der Waals surface area (Å²) in [7, 11) is 1.65. The van der Waals surface area contributed by atoms with E-state index >= 15 is 0 Å². The smallest absolute Gasteiger partial charge is 0.188 e. The van der Waals surface area contributed by atoms with Crippen LogP contribution in [0.15, 0.2) is 53.6 Å². The Morgan fingerprint density at radius 2 is 1.96 bits per heavy atom. The fourth-order valence-electron chi connectivity index (χ4n) is 2.35. The molecule has 3 aromatic rings. The highest BCUT2D eigenvalue weighted by Crippen LogP contribution is 2.28. The van der Waals surface area contributed by atoms with Gasteiger partial charge in [-0.3, -0.25) is 5.43 Å². The molecule has 0 unspecified atom stereocenters. The summed E-state index contributed by atoms with van der Waals surface area (Å²) in [6.07, 6.45) is 0. The molecule has 0 saturated heterocycles. The average Bonchev–Trinajstić information content (AvgIpc) is 3.09. The van der Waals surface area contributed by atoms with Crippen molar-refractivity contribution in [3.8, 4) is 0 Å². The third-order valence-corrected chi connectivity index (χ3v) is 4.95. The zero-order valence-corrected chi connectivity index (χ0v) is 16.8. The van der Waals surface area contributed by atoms with Gasteiger partial charge < -0.3 is 15.4 Å². The van der Waals surface area contributed by atoms with Gasteiger partial charge in [-0.1, -0.05) is 35.6 Å². The van der Waals surface area contributed by atoms with Crippen LogP contribution in [0, 0.1) is 0 Å². The number of rotatable bonds is 7.